The molecule has 1 aromatic rings. The highest BCUT2D eigenvalue weighted by atomic mass is 15.1. The quantitative estimate of drug-likeness (QED) is 0.755. The molecule has 0 saturated carbocycles. The average Bonchev–Trinajstić information content (AvgIpc) is 2.26. The molecule has 16 heavy (non-hydrogen) atoms. The van der Waals surface area contributed by atoms with Crippen molar-refractivity contribution < 1.29 is 0 Å². The lowest BCUT2D eigenvalue weighted by molar-refractivity contribution is 0.647. The molecule has 0 N–H and O–H groups in total. The van der Waals surface area contributed by atoms with Gasteiger partial charge in [-0.15, -0.1) is 0 Å². The van der Waals surface area contributed by atoms with Crippen molar-refractivity contribution in [2.24, 2.45) is 5.92 Å². The Morgan fingerprint density at radius 3 is 2.38 bits per heavy atom. The van der Waals surface area contributed by atoms with Gasteiger partial charge in [0.25, 0.3) is 0 Å². The van der Waals surface area contributed by atoms with E-state index in [1.807, 2.05) is 7.05 Å². The lowest BCUT2D eigenvalue weighted by Crippen LogP contribution is -2.17. The first-order valence-electron chi connectivity index (χ1n) is 5.80. The van der Waals surface area contributed by atoms with Gasteiger partial charge in [0.05, 0.1) is 12.5 Å². The van der Waals surface area contributed by atoms with E-state index in [9.17, 15) is 0 Å². The Labute approximate surface area is 98.5 Å². The molecule has 2 nitrogen and oxygen atoms in total. The number of nitriles is 1. The fraction of sp³-hybridized carbons (Fsp3) is 0.500. The van der Waals surface area contributed by atoms with E-state index < -0.39 is 0 Å². The highest BCUT2D eigenvalue weighted by molar-refractivity contribution is 5.46. The van der Waals surface area contributed by atoms with Crippen LogP contribution < -0.4 is 4.90 Å². The Balaban J connectivity index is 2.60. The van der Waals surface area contributed by atoms with Crippen molar-refractivity contribution in [3.8, 4) is 6.07 Å². The van der Waals surface area contributed by atoms with E-state index in [1.54, 1.807) is 0 Å². The summed E-state index contributed by atoms with van der Waals surface area (Å²) in [5.74, 6) is 0.696. The molecule has 0 amide bonds. The van der Waals surface area contributed by atoms with Crippen LogP contribution in [0.25, 0.3) is 0 Å². The predicted octanol–water partition coefficient (Wildman–Crippen LogP) is 3.23. The van der Waals surface area contributed by atoms with Gasteiger partial charge in [0, 0.05) is 19.3 Å². The van der Waals surface area contributed by atoms with E-state index in [0.29, 0.717) is 12.3 Å². The maximum Gasteiger partial charge on any atom is 0.0640 e. The summed E-state index contributed by atoms with van der Waals surface area (Å²) >= 11 is 0. The Morgan fingerprint density at radius 1 is 1.25 bits per heavy atom. The first kappa shape index (κ1) is 12.6. The fourth-order valence-electron chi connectivity index (χ4n) is 1.70. The Hall–Kier alpha value is -1.49. The van der Waals surface area contributed by atoms with Crippen LogP contribution in [0, 0.1) is 17.2 Å². The zero-order chi connectivity index (χ0) is 12.0. The number of hydrogen-bond acceptors (Lipinski definition) is 2. The lowest BCUT2D eigenvalue weighted by atomic mass is 10.0. The summed E-state index contributed by atoms with van der Waals surface area (Å²) in [6.07, 6.45) is 1.70. The molecule has 0 unspecified atom stereocenters. The molecule has 0 fully saturated rings. The number of hydrogen-bond donors (Lipinski definition) is 0. The van der Waals surface area contributed by atoms with Crippen molar-refractivity contribution in [3.63, 3.8) is 0 Å². The van der Waals surface area contributed by atoms with E-state index in [1.165, 1.54) is 11.3 Å². The summed E-state index contributed by atoms with van der Waals surface area (Å²) in [7, 11) is 2.02. The first-order valence-corrected chi connectivity index (χ1v) is 5.80. The van der Waals surface area contributed by atoms with E-state index in [0.717, 1.165) is 13.0 Å². The van der Waals surface area contributed by atoms with Gasteiger partial charge in [0.2, 0.25) is 0 Å². The standard InChI is InChI=1S/C14H20N2/c1-12(2)11-13-5-7-14(8-6-13)16(3)10-4-9-15/h5-8,12H,4,10-11H2,1-3H3. The second-order valence-corrected chi connectivity index (χ2v) is 4.59. The van der Waals surface area contributed by atoms with Gasteiger partial charge >= 0.3 is 0 Å². The van der Waals surface area contributed by atoms with Crippen molar-refractivity contribution in [2.75, 3.05) is 18.5 Å². The van der Waals surface area contributed by atoms with Gasteiger partial charge in [-0.05, 0) is 30.0 Å². The number of benzene rings is 1. The minimum Gasteiger partial charge on any atom is -0.374 e. The van der Waals surface area contributed by atoms with E-state index in [4.69, 9.17) is 5.26 Å². The minimum atomic E-state index is 0.574. The lowest BCUT2D eigenvalue weighted by Gasteiger charge is -2.18. The second kappa shape index (κ2) is 6.17. The van der Waals surface area contributed by atoms with E-state index in [-0.39, 0.29) is 0 Å². The van der Waals surface area contributed by atoms with Gasteiger partial charge in [-0.2, -0.15) is 5.26 Å². The summed E-state index contributed by atoms with van der Waals surface area (Å²) in [6, 6.07) is 10.8. The SMILES string of the molecule is CC(C)Cc1ccc(N(C)CCC#N)cc1. The topological polar surface area (TPSA) is 27.0 Å². The highest BCUT2D eigenvalue weighted by Gasteiger charge is 2.01. The monoisotopic (exact) mass is 216 g/mol. The minimum absolute atomic E-state index is 0.574. The van der Waals surface area contributed by atoms with Crippen LogP contribution in [0.5, 0.6) is 0 Å². The Morgan fingerprint density at radius 2 is 1.88 bits per heavy atom. The molecule has 0 atom stereocenters. The van der Waals surface area contributed by atoms with Gasteiger partial charge in [-0.1, -0.05) is 26.0 Å². The van der Waals surface area contributed by atoms with Gasteiger partial charge in [0.1, 0.15) is 0 Å². The molecule has 0 spiro atoms. The molecule has 0 aromatic heterocycles. The maximum atomic E-state index is 8.53. The third kappa shape index (κ3) is 3.94. The molecule has 0 bridgehead atoms. The summed E-state index contributed by atoms with van der Waals surface area (Å²) in [4.78, 5) is 2.11. The van der Waals surface area contributed by atoms with Gasteiger partial charge < -0.3 is 4.90 Å². The first-order chi connectivity index (χ1) is 7.63. The molecule has 0 aliphatic carbocycles. The normalized spacial score (nSPS) is 10.2. The number of anilines is 1. The van der Waals surface area contributed by atoms with Crippen molar-refractivity contribution >= 4 is 5.69 Å². The number of nitrogens with zero attached hydrogens (tertiary/aromatic N) is 2. The summed E-state index contributed by atoms with van der Waals surface area (Å²) in [6.45, 7) is 5.25. The van der Waals surface area contributed by atoms with Crippen LogP contribution >= 0.6 is 0 Å². The third-order valence-electron chi connectivity index (χ3n) is 2.58. The van der Waals surface area contributed by atoms with Gasteiger partial charge in [-0.3, -0.25) is 0 Å². The summed E-state index contributed by atoms with van der Waals surface area (Å²) in [5, 5.41) is 8.53. The molecular formula is C14H20N2. The molecule has 0 saturated heterocycles. The Kier molecular flexibility index (Phi) is 4.85. The van der Waals surface area contributed by atoms with Crippen molar-refractivity contribution in [3.05, 3.63) is 29.8 Å². The van der Waals surface area contributed by atoms with Gasteiger partial charge in [-0.25, -0.2) is 0 Å². The summed E-state index contributed by atoms with van der Waals surface area (Å²) in [5.41, 5.74) is 2.56. The zero-order valence-corrected chi connectivity index (χ0v) is 10.4. The van der Waals surface area contributed by atoms with Crippen molar-refractivity contribution in [1.82, 2.24) is 0 Å². The Bertz CT molecular complexity index is 346. The van der Waals surface area contributed by atoms with Crippen LogP contribution in [0.4, 0.5) is 5.69 Å². The van der Waals surface area contributed by atoms with E-state index in [2.05, 4.69) is 49.1 Å². The van der Waals surface area contributed by atoms with Crippen molar-refractivity contribution in [2.45, 2.75) is 26.7 Å². The third-order valence-corrected chi connectivity index (χ3v) is 2.58. The maximum absolute atomic E-state index is 8.53. The predicted molar refractivity (Wildman–Crippen MR) is 68.5 cm³/mol. The smallest absolute Gasteiger partial charge is 0.0640 e. The largest absolute Gasteiger partial charge is 0.374 e. The van der Waals surface area contributed by atoms with Crippen LogP contribution in [0.3, 0.4) is 0 Å². The molecule has 1 rings (SSSR count). The van der Waals surface area contributed by atoms with Crippen LogP contribution in [0.1, 0.15) is 25.8 Å². The average molecular weight is 216 g/mol. The van der Waals surface area contributed by atoms with Crippen LogP contribution in [-0.4, -0.2) is 13.6 Å². The molecule has 0 radical (unpaired) electrons. The summed E-state index contributed by atoms with van der Waals surface area (Å²) < 4.78 is 0. The molecule has 0 aliphatic heterocycles. The fourth-order valence-corrected chi connectivity index (χ4v) is 1.70. The molecule has 0 heterocycles. The number of rotatable bonds is 5. The second-order valence-electron chi connectivity index (χ2n) is 4.59. The molecular weight excluding hydrogens is 196 g/mol. The zero-order valence-electron chi connectivity index (χ0n) is 10.4. The van der Waals surface area contributed by atoms with Crippen LogP contribution in [0.2, 0.25) is 0 Å². The van der Waals surface area contributed by atoms with Crippen LogP contribution in [-0.2, 0) is 6.42 Å². The molecule has 86 valence electrons. The van der Waals surface area contributed by atoms with Gasteiger partial charge in [0.15, 0.2) is 0 Å². The highest BCUT2D eigenvalue weighted by Crippen LogP contribution is 2.16. The van der Waals surface area contributed by atoms with Crippen molar-refractivity contribution in [1.29, 1.82) is 5.26 Å². The van der Waals surface area contributed by atoms with E-state index >= 15 is 0 Å². The van der Waals surface area contributed by atoms with Crippen LogP contribution in [0.15, 0.2) is 24.3 Å². The molecule has 2 heteroatoms. The molecule has 0 aliphatic rings. The molecule has 1 aromatic carbocycles.